The first kappa shape index (κ1) is 9.62. The van der Waals surface area contributed by atoms with Gasteiger partial charge in [-0.15, -0.1) is 0 Å². The van der Waals surface area contributed by atoms with Crippen molar-refractivity contribution in [2.75, 3.05) is 0 Å². The number of nitrogens with zero attached hydrogens (tertiary/aromatic N) is 3. The van der Waals surface area contributed by atoms with E-state index in [0.717, 1.165) is 16.6 Å². The average Bonchev–Trinajstić information content (AvgIpc) is 2.58. The highest BCUT2D eigenvalue weighted by molar-refractivity contribution is 5.82. The van der Waals surface area contributed by atoms with Crippen LogP contribution < -0.4 is 0 Å². The lowest BCUT2D eigenvalue weighted by atomic mass is 10.1. The Morgan fingerprint density at radius 3 is 2.93 bits per heavy atom. The Morgan fingerprint density at radius 1 is 1.47 bits per heavy atom. The van der Waals surface area contributed by atoms with Gasteiger partial charge in [0.2, 0.25) is 6.08 Å². The average molecular weight is 201 g/mol. The number of benzene rings is 1. The van der Waals surface area contributed by atoms with Crippen molar-refractivity contribution >= 4 is 17.0 Å². The highest BCUT2D eigenvalue weighted by atomic mass is 16.1. The zero-order chi connectivity index (χ0) is 10.8. The molecule has 0 aliphatic heterocycles. The number of hydrogen-bond donors (Lipinski definition) is 0. The highest BCUT2D eigenvalue weighted by Gasteiger charge is 2.13. The van der Waals surface area contributed by atoms with Crippen LogP contribution in [-0.4, -0.2) is 15.9 Å². The van der Waals surface area contributed by atoms with E-state index in [-0.39, 0.29) is 6.04 Å². The molecule has 0 saturated carbocycles. The summed E-state index contributed by atoms with van der Waals surface area (Å²) in [5.74, 6) is 0. The zero-order valence-electron chi connectivity index (χ0n) is 8.64. The van der Waals surface area contributed by atoms with Crippen LogP contribution in [0, 0.1) is 0 Å². The molecule has 4 heteroatoms. The molecule has 0 aliphatic rings. The first-order valence-electron chi connectivity index (χ1n) is 4.72. The van der Waals surface area contributed by atoms with E-state index in [1.54, 1.807) is 10.8 Å². The van der Waals surface area contributed by atoms with Crippen LogP contribution >= 0.6 is 0 Å². The van der Waals surface area contributed by atoms with Gasteiger partial charge in [0.25, 0.3) is 0 Å². The summed E-state index contributed by atoms with van der Waals surface area (Å²) in [5.41, 5.74) is 1.86. The molecule has 1 unspecified atom stereocenters. The van der Waals surface area contributed by atoms with Gasteiger partial charge in [0.1, 0.15) is 6.04 Å². The van der Waals surface area contributed by atoms with E-state index in [0.29, 0.717) is 0 Å². The van der Waals surface area contributed by atoms with Gasteiger partial charge in [-0.3, -0.25) is 4.68 Å². The van der Waals surface area contributed by atoms with Gasteiger partial charge < -0.3 is 0 Å². The summed E-state index contributed by atoms with van der Waals surface area (Å²) in [5, 5.41) is 5.39. The maximum Gasteiger partial charge on any atom is 0.235 e. The van der Waals surface area contributed by atoms with Gasteiger partial charge in [-0.05, 0) is 13.0 Å². The molecule has 15 heavy (non-hydrogen) atoms. The number of carbonyl (C=O) groups excluding carboxylic acids is 1. The number of rotatable bonds is 2. The largest absolute Gasteiger partial charge is 0.268 e. The van der Waals surface area contributed by atoms with Crippen molar-refractivity contribution in [3.05, 3.63) is 30.0 Å². The van der Waals surface area contributed by atoms with Gasteiger partial charge in [0, 0.05) is 12.4 Å². The van der Waals surface area contributed by atoms with Crippen molar-refractivity contribution in [2.45, 2.75) is 13.0 Å². The van der Waals surface area contributed by atoms with Crippen LogP contribution in [0.25, 0.3) is 10.9 Å². The Kier molecular flexibility index (Phi) is 2.35. The first-order chi connectivity index (χ1) is 7.24. The molecule has 4 nitrogen and oxygen atoms in total. The van der Waals surface area contributed by atoms with Crippen LogP contribution in [0.4, 0.5) is 0 Å². The number of aliphatic imine (C=N–C) groups is 1. The summed E-state index contributed by atoms with van der Waals surface area (Å²) in [6, 6.07) is 7.64. The molecule has 1 aromatic heterocycles. The third kappa shape index (κ3) is 1.55. The molecule has 0 N–H and O–H groups in total. The van der Waals surface area contributed by atoms with Crippen LogP contribution in [0.5, 0.6) is 0 Å². The lowest BCUT2D eigenvalue weighted by Gasteiger charge is -1.98. The van der Waals surface area contributed by atoms with Gasteiger partial charge in [-0.2, -0.15) is 10.1 Å². The fourth-order valence-electron chi connectivity index (χ4n) is 1.69. The van der Waals surface area contributed by atoms with E-state index in [1.807, 2.05) is 38.2 Å². The van der Waals surface area contributed by atoms with Gasteiger partial charge in [0.05, 0.1) is 11.2 Å². The summed E-state index contributed by atoms with van der Waals surface area (Å²) in [6.07, 6.45) is 1.57. The minimum absolute atomic E-state index is 0.242. The molecule has 0 spiro atoms. The lowest BCUT2D eigenvalue weighted by molar-refractivity contribution is 0.558. The molecular formula is C11H11N3O. The van der Waals surface area contributed by atoms with Gasteiger partial charge in [0.15, 0.2) is 0 Å². The number of isocyanates is 1. The molecule has 0 amide bonds. The Bertz CT molecular complexity index is 538. The summed E-state index contributed by atoms with van der Waals surface area (Å²) < 4.78 is 1.79. The van der Waals surface area contributed by atoms with Gasteiger partial charge in [-0.1, -0.05) is 18.2 Å². The van der Waals surface area contributed by atoms with Crippen molar-refractivity contribution in [1.82, 2.24) is 9.78 Å². The zero-order valence-corrected chi connectivity index (χ0v) is 8.64. The first-order valence-corrected chi connectivity index (χ1v) is 4.72. The Hall–Kier alpha value is -1.93. The predicted molar refractivity (Wildman–Crippen MR) is 57.3 cm³/mol. The number of para-hydroxylation sites is 1. The topological polar surface area (TPSA) is 47.2 Å². The second kappa shape index (κ2) is 3.67. The lowest BCUT2D eigenvalue weighted by Crippen LogP contribution is -1.94. The second-order valence-corrected chi connectivity index (χ2v) is 3.42. The van der Waals surface area contributed by atoms with Gasteiger partial charge >= 0.3 is 0 Å². The van der Waals surface area contributed by atoms with E-state index in [9.17, 15) is 4.79 Å². The van der Waals surface area contributed by atoms with E-state index in [1.165, 1.54) is 0 Å². The molecule has 0 saturated heterocycles. The smallest absolute Gasteiger partial charge is 0.235 e. The third-order valence-electron chi connectivity index (χ3n) is 2.43. The summed E-state index contributed by atoms with van der Waals surface area (Å²) in [7, 11) is 1.88. The standard InChI is InChI=1S/C11H11N3O/c1-8(12-7-15)11-9-5-3-4-6-10(9)14(2)13-11/h3-6,8H,1-2H3. The van der Waals surface area contributed by atoms with Crippen LogP contribution in [0.15, 0.2) is 29.3 Å². The molecular weight excluding hydrogens is 190 g/mol. The summed E-state index contributed by atoms with van der Waals surface area (Å²) in [4.78, 5) is 13.9. The molecule has 2 rings (SSSR count). The molecule has 76 valence electrons. The molecule has 2 aromatic rings. The highest BCUT2D eigenvalue weighted by Crippen LogP contribution is 2.24. The number of aryl methyl sites for hydroxylation is 1. The van der Waals surface area contributed by atoms with E-state index < -0.39 is 0 Å². The van der Waals surface area contributed by atoms with Crippen LogP contribution in [0.1, 0.15) is 18.7 Å². The molecule has 0 bridgehead atoms. The molecule has 0 radical (unpaired) electrons. The van der Waals surface area contributed by atoms with Crippen molar-refractivity contribution in [2.24, 2.45) is 12.0 Å². The van der Waals surface area contributed by atoms with Crippen LogP contribution in [0.3, 0.4) is 0 Å². The van der Waals surface area contributed by atoms with Crippen LogP contribution in [0.2, 0.25) is 0 Å². The van der Waals surface area contributed by atoms with Gasteiger partial charge in [-0.25, -0.2) is 4.79 Å². The summed E-state index contributed by atoms with van der Waals surface area (Å²) in [6.45, 7) is 1.83. The second-order valence-electron chi connectivity index (χ2n) is 3.42. The maximum absolute atomic E-state index is 10.2. The molecule has 0 aliphatic carbocycles. The molecule has 1 heterocycles. The SMILES string of the molecule is CC(N=C=O)c1nn(C)c2ccccc12. The molecule has 1 aromatic carbocycles. The van der Waals surface area contributed by atoms with E-state index in [4.69, 9.17) is 0 Å². The molecule has 0 fully saturated rings. The fraction of sp³-hybridized carbons (Fsp3) is 0.273. The van der Waals surface area contributed by atoms with E-state index >= 15 is 0 Å². The quantitative estimate of drug-likeness (QED) is 0.551. The molecule has 1 atom stereocenters. The monoisotopic (exact) mass is 201 g/mol. The Morgan fingerprint density at radius 2 is 2.20 bits per heavy atom. The van der Waals surface area contributed by atoms with Crippen molar-refractivity contribution in [3.63, 3.8) is 0 Å². The Labute approximate surface area is 87.2 Å². The number of hydrogen-bond acceptors (Lipinski definition) is 3. The van der Waals surface area contributed by atoms with Crippen molar-refractivity contribution < 1.29 is 4.79 Å². The van der Waals surface area contributed by atoms with E-state index in [2.05, 4.69) is 10.1 Å². The Balaban J connectivity index is 2.66. The van der Waals surface area contributed by atoms with Crippen molar-refractivity contribution in [1.29, 1.82) is 0 Å². The number of fused-ring (bicyclic) bond motifs is 1. The third-order valence-corrected chi connectivity index (χ3v) is 2.43. The van der Waals surface area contributed by atoms with Crippen LogP contribution in [-0.2, 0) is 11.8 Å². The fourth-order valence-corrected chi connectivity index (χ4v) is 1.69. The minimum Gasteiger partial charge on any atom is -0.268 e. The predicted octanol–water partition coefficient (Wildman–Crippen LogP) is 1.97. The van der Waals surface area contributed by atoms with Crippen molar-refractivity contribution in [3.8, 4) is 0 Å². The summed E-state index contributed by atoms with van der Waals surface area (Å²) >= 11 is 0. The normalized spacial score (nSPS) is 12.4. The number of aromatic nitrogens is 2. The minimum atomic E-state index is -0.242. The maximum atomic E-state index is 10.2.